The molecule has 1 N–H and O–H groups in total. The molecule has 0 radical (unpaired) electrons. The van der Waals surface area contributed by atoms with Gasteiger partial charge in [0.1, 0.15) is 5.75 Å². The first-order valence-electron chi connectivity index (χ1n) is 10.5. The van der Waals surface area contributed by atoms with E-state index in [1.165, 1.54) is 29.5 Å². The van der Waals surface area contributed by atoms with Crippen LogP contribution in [0.2, 0.25) is 0 Å². The van der Waals surface area contributed by atoms with E-state index in [9.17, 15) is 4.79 Å². The number of rotatable bonds is 7. The minimum Gasteiger partial charge on any atom is -0.481 e. The first-order chi connectivity index (χ1) is 13.4. The Hall–Kier alpha value is -2.29. The second-order valence-electron chi connectivity index (χ2n) is 8.72. The van der Waals surface area contributed by atoms with E-state index in [0.29, 0.717) is 0 Å². The summed E-state index contributed by atoms with van der Waals surface area (Å²) in [5.41, 5.74) is 3.94. The standard InChI is InChI=1S/C25H33NO2/c1-18(17-25(3,4)21-13-6-5-7-14-21)26-24(27)19(2)28-23-16-10-12-20-11-8-9-15-22(20)23/h5-7,10,12-14,16,18-19H,8-9,11,15,17H2,1-4H3,(H,26,27). The van der Waals surface area contributed by atoms with Crippen LogP contribution in [0, 0.1) is 0 Å². The van der Waals surface area contributed by atoms with E-state index in [2.05, 4.69) is 56.4 Å². The van der Waals surface area contributed by atoms with Crippen molar-refractivity contribution in [3.05, 3.63) is 65.2 Å². The van der Waals surface area contributed by atoms with Crippen LogP contribution >= 0.6 is 0 Å². The summed E-state index contributed by atoms with van der Waals surface area (Å²) in [5.74, 6) is 0.821. The summed E-state index contributed by atoms with van der Waals surface area (Å²) < 4.78 is 6.08. The van der Waals surface area contributed by atoms with Crippen molar-refractivity contribution in [2.24, 2.45) is 0 Å². The molecule has 2 unspecified atom stereocenters. The minimum absolute atomic E-state index is 0.00342. The van der Waals surface area contributed by atoms with Crippen LogP contribution in [0.3, 0.4) is 0 Å². The normalized spacial score (nSPS) is 16.0. The number of benzene rings is 2. The summed E-state index contributed by atoms with van der Waals surface area (Å²) in [6.07, 6.45) is 4.95. The van der Waals surface area contributed by atoms with Crippen molar-refractivity contribution in [1.82, 2.24) is 5.32 Å². The number of hydrogen-bond acceptors (Lipinski definition) is 2. The SMILES string of the molecule is CC(CC(C)(C)c1ccccc1)NC(=O)C(C)Oc1cccc2c1CCCC2. The largest absolute Gasteiger partial charge is 0.481 e. The molecular weight excluding hydrogens is 346 g/mol. The molecule has 1 aliphatic rings. The van der Waals surface area contributed by atoms with Gasteiger partial charge in [-0.3, -0.25) is 4.79 Å². The van der Waals surface area contributed by atoms with Crippen LogP contribution in [-0.4, -0.2) is 18.1 Å². The summed E-state index contributed by atoms with van der Waals surface area (Å²) in [4.78, 5) is 12.7. The number of carbonyl (C=O) groups excluding carboxylic acids is 1. The van der Waals surface area contributed by atoms with Crippen LogP contribution in [0.15, 0.2) is 48.5 Å². The van der Waals surface area contributed by atoms with Crippen molar-refractivity contribution >= 4 is 5.91 Å². The Kier molecular flexibility index (Phi) is 6.43. The van der Waals surface area contributed by atoms with Gasteiger partial charge in [-0.25, -0.2) is 0 Å². The van der Waals surface area contributed by atoms with Gasteiger partial charge in [-0.15, -0.1) is 0 Å². The first kappa shape index (κ1) is 20.4. The molecule has 1 amide bonds. The van der Waals surface area contributed by atoms with Gasteiger partial charge in [0, 0.05) is 6.04 Å². The van der Waals surface area contributed by atoms with Crippen molar-refractivity contribution < 1.29 is 9.53 Å². The van der Waals surface area contributed by atoms with Crippen LogP contribution in [0.25, 0.3) is 0 Å². The predicted octanol–water partition coefficient (Wildman–Crippen LogP) is 5.21. The zero-order chi connectivity index (χ0) is 20.1. The van der Waals surface area contributed by atoms with Gasteiger partial charge in [-0.2, -0.15) is 0 Å². The predicted molar refractivity (Wildman–Crippen MR) is 115 cm³/mol. The minimum atomic E-state index is -0.504. The Morgan fingerprint density at radius 1 is 1.04 bits per heavy atom. The van der Waals surface area contributed by atoms with Crippen molar-refractivity contribution in [1.29, 1.82) is 0 Å². The highest BCUT2D eigenvalue weighted by Gasteiger charge is 2.26. The monoisotopic (exact) mass is 379 g/mol. The van der Waals surface area contributed by atoms with E-state index < -0.39 is 6.10 Å². The van der Waals surface area contributed by atoms with Gasteiger partial charge in [0.2, 0.25) is 0 Å². The smallest absolute Gasteiger partial charge is 0.260 e. The Morgan fingerprint density at radius 2 is 1.75 bits per heavy atom. The highest BCUT2D eigenvalue weighted by Crippen LogP contribution is 2.30. The molecule has 3 nitrogen and oxygen atoms in total. The number of nitrogens with one attached hydrogen (secondary N) is 1. The lowest BCUT2D eigenvalue weighted by molar-refractivity contribution is -0.128. The Labute approximate surface area is 169 Å². The lowest BCUT2D eigenvalue weighted by atomic mass is 9.79. The molecule has 0 saturated heterocycles. The second-order valence-corrected chi connectivity index (χ2v) is 8.72. The maximum absolute atomic E-state index is 12.7. The lowest BCUT2D eigenvalue weighted by Crippen LogP contribution is -2.43. The van der Waals surface area contributed by atoms with Gasteiger partial charge in [0.25, 0.3) is 5.91 Å². The highest BCUT2D eigenvalue weighted by molar-refractivity contribution is 5.81. The third-order valence-corrected chi connectivity index (χ3v) is 5.79. The molecule has 0 fully saturated rings. The van der Waals surface area contributed by atoms with Gasteiger partial charge < -0.3 is 10.1 Å². The molecule has 0 aromatic heterocycles. The first-order valence-corrected chi connectivity index (χ1v) is 10.5. The summed E-state index contributed by atoms with van der Waals surface area (Å²) >= 11 is 0. The molecule has 2 aromatic carbocycles. The number of amides is 1. The average molecular weight is 380 g/mol. The number of ether oxygens (including phenoxy) is 1. The van der Waals surface area contributed by atoms with Gasteiger partial charge in [-0.05, 0) is 74.1 Å². The van der Waals surface area contributed by atoms with E-state index in [0.717, 1.165) is 25.0 Å². The molecule has 0 spiro atoms. The number of hydrogen-bond donors (Lipinski definition) is 1. The van der Waals surface area contributed by atoms with Crippen LogP contribution in [-0.2, 0) is 23.1 Å². The third-order valence-electron chi connectivity index (χ3n) is 5.79. The molecule has 3 heteroatoms. The molecule has 150 valence electrons. The molecule has 2 atom stereocenters. The average Bonchev–Trinajstić information content (AvgIpc) is 2.68. The Morgan fingerprint density at radius 3 is 2.50 bits per heavy atom. The van der Waals surface area contributed by atoms with Crippen LogP contribution < -0.4 is 10.1 Å². The van der Waals surface area contributed by atoms with Crippen LogP contribution in [0.4, 0.5) is 0 Å². The van der Waals surface area contributed by atoms with Crippen molar-refractivity contribution in [2.75, 3.05) is 0 Å². The summed E-state index contributed by atoms with van der Waals surface area (Å²) in [6.45, 7) is 8.36. The van der Waals surface area contributed by atoms with Crippen LogP contribution in [0.1, 0.15) is 63.6 Å². The van der Waals surface area contributed by atoms with Crippen LogP contribution in [0.5, 0.6) is 5.75 Å². The maximum Gasteiger partial charge on any atom is 0.260 e. The fourth-order valence-corrected chi connectivity index (χ4v) is 4.28. The topological polar surface area (TPSA) is 38.3 Å². The van der Waals surface area contributed by atoms with E-state index >= 15 is 0 Å². The zero-order valence-electron chi connectivity index (χ0n) is 17.6. The van der Waals surface area contributed by atoms with Gasteiger partial charge in [0.15, 0.2) is 6.10 Å². The second kappa shape index (κ2) is 8.81. The molecule has 0 aliphatic heterocycles. The Balaban J connectivity index is 1.58. The van der Waals surface area contributed by atoms with Gasteiger partial charge in [0.05, 0.1) is 0 Å². The zero-order valence-corrected chi connectivity index (χ0v) is 17.6. The van der Waals surface area contributed by atoms with E-state index in [1.54, 1.807) is 0 Å². The number of carbonyl (C=O) groups is 1. The molecule has 0 heterocycles. The third kappa shape index (κ3) is 4.95. The summed E-state index contributed by atoms with van der Waals surface area (Å²) in [5, 5.41) is 3.14. The van der Waals surface area contributed by atoms with E-state index in [-0.39, 0.29) is 17.4 Å². The van der Waals surface area contributed by atoms with Gasteiger partial charge >= 0.3 is 0 Å². The van der Waals surface area contributed by atoms with Crippen molar-refractivity contribution in [3.63, 3.8) is 0 Å². The van der Waals surface area contributed by atoms with Gasteiger partial charge in [-0.1, -0.05) is 56.3 Å². The highest BCUT2D eigenvalue weighted by atomic mass is 16.5. The molecule has 28 heavy (non-hydrogen) atoms. The fraction of sp³-hybridized carbons (Fsp3) is 0.480. The lowest BCUT2D eigenvalue weighted by Gasteiger charge is -2.30. The molecule has 3 rings (SSSR count). The molecule has 2 aromatic rings. The Bertz CT molecular complexity index is 797. The number of aryl methyl sites for hydroxylation is 1. The summed E-state index contributed by atoms with van der Waals surface area (Å²) in [6, 6.07) is 16.8. The molecule has 0 bridgehead atoms. The van der Waals surface area contributed by atoms with E-state index in [4.69, 9.17) is 4.74 Å². The number of fused-ring (bicyclic) bond motifs is 1. The summed E-state index contributed by atoms with van der Waals surface area (Å²) in [7, 11) is 0. The maximum atomic E-state index is 12.7. The molecule has 0 saturated carbocycles. The quantitative estimate of drug-likeness (QED) is 0.717. The van der Waals surface area contributed by atoms with E-state index in [1.807, 2.05) is 25.1 Å². The van der Waals surface area contributed by atoms with Crippen molar-refractivity contribution in [3.8, 4) is 5.75 Å². The fourth-order valence-electron chi connectivity index (χ4n) is 4.28. The molecular formula is C25H33NO2. The molecule has 1 aliphatic carbocycles. The van der Waals surface area contributed by atoms with Crippen molar-refractivity contribution in [2.45, 2.75) is 77.4 Å².